The summed E-state index contributed by atoms with van der Waals surface area (Å²) >= 11 is 0. The summed E-state index contributed by atoms with van der Waals surface area (Å²) in [5.41, 5.74) is 0. The third-order valence-electron chi connectivity index (χ3n) is 3.27. The lowest BCUT2D eigenvalue weighted by Crippen LogP contribution is -2.56. The summed E-state index contributed by atoms with van der Waals surface area (Å²) in [6, 6.07) is 0.850. The summed E-state index contributed by atoms with van der Waals surface area (Å²) in [5.74, 6) is -2.14. The Morgan fingerprint density at radius 1 is 1.30 bits per heavy atom. The van der Waals surface area contributed by atoms with E-state index in [4.69, 9.17) is 19.4 Å². The van der Waals surface area contributed by atoms with Crippen molar-refractivity contribution < 1.29 is 32.5 Å². The van der Waals surface area contributed by atoms with Gasteiger partial charge in [-0.1, -0.05) is 0 Å². The quantitative estimate of drug-likeness (QED) is 0.833. The Bertz CT molecular complexity index is 503. The van der Waals surface area contributed by atoms with Crippen LogP contribution >= 0.6 is 0 Å². The monoisotopic (exact) mass is 335 g/mol. The first kappa shape index (κ1) is 17.4. The van der Waals surface area contributed by atoms with Crippen LogP contribution in [0.1, 0.15) is 12.8 Å². The van der Waals surface area contributed by atoms with Gasteiger partial charge in [0.2, 0.25) is 5.88 Å². The number of alkyl halides is 3. The van der Waals surface area contributed by atoms with Gasteiger partial charge in [0.25, 0.3) is 0 Å². The minimum absolute atomic E-state index is 0.233. The normalized spacial score (nSPS) is 26.7. The van der Waals surface area contributed by atoms with Crippen molar-refractivity contribution in [2.24, 2.45) is 0 Å². The largest absolute Gasteiger partial charge is 0.490 e. The Kier molecular flexibility index (Phi) is 5.72. The number of nitrogens with one attached hydrogen (secondary N) is 1. The number of aliphatic carboxylic acids is 1. The van der Waals surface area contributed by atoms with Crippen molar-refractivity contribution in [3.8, 4) is 5.88 Å². The zero-order valence-corrected chi connectivity index (χ0v) is 12.0. The number of carboxylic acid groups (broad SMARTS) is 1. The van der Waals surface area contributed by atoms with E-state index in [0.29, 0.717) is 18.0 Å². The van der Waals surface area contributed by atoms with Crippen molar-refractivity contribution in [3.63, 3.8) is 0 Å². The van der Waals surface area contributed by atoms with Gasteiger partial charge in [-0.05, 0) is 0 Å². The first-order valence-corrected chi connectivity index (χ1v) is 6.91. The van der Waals surface area contributed by atoms with Crippen LogP contribution in [0.2, 0.25) is 0 Å². The minimum Gasteiger partial charge on any atom is -0.475 e. The molecule has 2 saturated heterocycles. The van der Waals surface area contributed by atoms with Gasteiger partial charge in [-0.2, -0.15) is 13.2 Å². The molecule has 2 fully saturated rings. The number of rotatable bonds is 2. The molecule has 2 bridgehead atoms. The molecule has 0 aliphatic carbocycles. The number of halogens is 3. The number of hydrogen-bond donors (Lipinski definition) is 2. The van der Waals surface area contributed by atoms with E-state index in [0.717, 1.165) is 26.1 Å². The molecular formula is C13H16F3N3O4. The van der Waals surface area contributed by atoms with Gasteiger partial charge in [-0.25, -0.2) is 9.78 Å². The highest BCUT2D eigenvalue weighted by Gasteiger charge is 2.38. The van der Waals surface area contributed by atoms with Crippen LogP contribution < -0.4 is 10.1 Å². The van der Waals surface area contributed by atoms with Crippen molar-refractivity contribution >= 4 is 5.97 Å². The van der Waals surface area contributed by atoms with Gasteiger partial charge in [0.1, 0.15) is 6.10 Å². The Morgan fingerprint density at radius 2 is 1.91 bits per heavy atom. The van der Waals surface area contributed by atoms with Gasteiger partial charge in [0.15, 0.2) is 0 Å². The van der Waals surface area contributed by atoms with E-state index in [1.165, 1.54) is 0 Å². The molecule has 0 saturated carbocycles. The fourth-order valence-electron chi connectivity index (χ4n) is 2.40. The van der Waals surface area contributed by atoms with E-state index in [2.05, 4.69) is 15.3 Å². The molecule has 0 aromatic carbocycles. The highest BCUT2D eigenvalue weighted by molar-refractivity contribution is 5.73. The molecule has 2 N–H and O–H groups in total. The second-order valence-corrected chi connectivity index (χ2v) is 5.16. The van der Waals surface area contributed by atoms with Crippen LogP contribution in [0.25, 0.3) is 0 Å². The lowest BCUT2D eigenvalue weighted by atomic mass is 9.95. The number of carboxylic acids is 1. The Morgan fingerprint density at radius 3 is 2.39 bits per heavy atom. The molecule has 0 amide bonds. The van der Waals surface area contributed by atoms with E-state index >= 15 is 0 Å². The van der Waals surface area contributed by atoms with Crippen molar-refractivity contribution in [3.05, 3.63) is 18.6 Å². The van der Waals surface area contributed by atoms with Gasteiger partial charge in [-0.15, -0.1) is 0 Å². The van der Waals surface area contributed by atoms with Crippen LogP contribution in [0.5, 0.6) is 5.88 Å². The van der Waals surface area contributed by atoms with Crippen molar-refractivity contribution in [2.75, 3.05) is 13.2 Å². The highest BCUT2D eigenvalue weighted by Crippen LogP contribution is 2.22. The average Bonchev–Trinajstić information content (AvgIpc) is 2.47. The number of nitrogens with zero attached hydrogens (tertiary/aromatic N) is 2. The number of ether oxygens (including phenoxy) is 2. The molecule has 128 valence electrons. The van der Waals surface area contributed by atoms with Crippen LogP contribution in [0.15, 0.2) is 18.6 Å². The highest BCUT2D eigenvalue weighted by atomic mass is 19.4. The summed E-state index contributed by atoms with van der Waals surface area (Å²) in [7, 11) is 0. The van der Waals surface area contributed by atoms with Gasteiger partial charge < -0.3 is 19.9 Å². The molecule has 10 heteroatoms. The molecule has 0 radical (unpaired) electrons. The molecule has 3 atom stereocenters. The topological polar surface area (TPSA) is 93.6 Å². The summed E-state index contributed by atoms with van der Waals surface area (Å²) in [5, 5.41) is 10.7. The summed E-state index contributed by atoms with van der Waals surface area (Å²) in [6.07, 6.45) is 2.07. The maximum atomic E-state index is 10.6. The third-order valence-corrected chi connectivity index (χ3v) is 3.27. The van der Waals surface area contributed by atoms with E-state index in [1.807, 2.05) is 0 Å². The number of carbonyl (C=O) groups is 1. The number of aromatic nitrogens is 2. The maximum absolute atomic E-state index is 10.6. The molecule has 2 aliphatic rings. The fourth-order valence-corrected chi connectivity index (χ4v) is 2.40. The molecule has 3 rings (SSSR count). The van der Waals surface area contributed by atoms with Crippen LogP contribution in [0.3, 0.4) is 0 Å². The predicted molar refractivity (Wildman–Crippen MR) is 70.9 cm³/mol. The summed E-state index contributed by atoms with van der Waals surface area (Å²) < 4.78 is 43.0. The van der Waals surface area contributed by atoms with E-state index < -0.39 is 12.1 Å². The number of hydrogen-bond acceptors (Lipinski definition) is 6. The number of morpholine rings is 1. The van der Waals surface area contributed by atoms with Gasteiger partial charge >= 0.3 is 12.1 Å². The standard InChI is InChI=1S/C11H15N3O2.C2HF3O2/c1-2-13-11(5-12-1)16-10-3-8-6-15-7-9(4-10)14-8;3-2(4,5)1(6)7/h1-2,5,8-10,14H,3-4,6-7H2;(H,6,7)/t8-,9+,10?;. The molecule has 1 aromatic rings. The zero-order valence-electron chi connectivity index (χ0n) is 12.0. The van der Waals surface area contributed by atoms with Crippen molar-refractivity contribution in [1.29, 1.82) is 0 Å². The van der Waals surface area contributed by atoms with Gasteiger partial charge in [0.05, 0.1) is 19.4 Å². The first-order valence-electron chi connectivity index (χ1n) is 6.91. The summed E-state index contributed by atoms with van der Waals surface area (Å²) in [4.78, 5) is 17.0. The lowest BCUT2D eigenvalue weighted by molar-refractivity contribution is -0.192. The molecule has 3 heterocycles. The Hall–Kier alpha value is -1.94. The first-order chi connectivity index (χ1) is 10.8. The van der Waals surface area contributed by atoms with E-state index in [1.54, 1.807) is 18.6 Å². The van der Waals surface area contributed by atoms with Gasteiger partial charge in [0, 0.05) is 37.3 Å². The molecule has 7 nitrogen and oxygen atoms in total. The number of fused-ring (bicyclic) bond motifs is 2. The summed E-state index contributed by atoms with van der Waals surface area (Å²) in [6.45, 7) is 1.58. The third kappa shape index (κ3) is 5.64. The van der Waals surface area contributed by atoms with Crippen LogP contribution in [0.4, 0.5) is 13.2 Å². The number of piperidine rings is 1. The van der Waals surface area contributed by atoms with Crippen LogP contribution in [-0.4, -0.2) is 58.6 Å². The average molecular weight is 335 g/mol. The lowest BCUT2D eigenvalue weighted by Gasteiger charge is -2.39. The molecule has 2 aliphatic heterocycles. The fraction of sp³-hybridized carbons (Fsp3) is 0.615. The van der Waals surface area contributed by atoms with E-state index in [-0.39, 0.29) is 6.10 Å². The zero-order chi connectivity index (χ0) is 16.9. The smallest absolute Gasteiger partial charge is 0.475 e. The van der Waals surface area contributed by atoms with Crippen molar-refractivity contribution in [1.82, 2.24) is 15.3 Å². The molecular weight excluding hydrogens is 319 g/mol. The van der Waals surface area contributed by atoms with Crippen molar-refractivity contribution in [2.45, 2.75) is 37.2 Å². The van der Waals surface area contributed by atoms with Gasteiger partial charge in [-0.3, -0.25) is 4.98 Å². The molecule has 1 unspecified atom stereocenters. The molecule has 0 spiro atoms. The minimum atomic E-state index is -5.08. The van der Waals surface area contributed by atoms with Crippen LogP contribution in [-0.2, 0) is 9.53 Å². The SMILES string of the molecule is O=C(O)C(F)(F)F.c1cnc(OC2C[C@H]3COC[C@@H](C2)N3)cn1. The second kappa shape index (κ2) is 7.55. The van der Waals surface area contributed by atoms with Crippen LogP contribution in [0, 0.1) is 0 Å². The Balaban J connectivity index is 0.000000236. The van der Waals surface area contributed by atoms with E-state index in [9.17, 15) is 13.2 Å². The predicted octanol–water partition coefficient (Wildman–Crippen LogP) is 1.01. The molecule has 23 heavy (non-hydrogen) atoms. The molecule has 1 aromatic heterocycles. The Labute approximate surface area is 129 Å². The second-order valence-electron chi connectivity index (χ2n) is 5.16. The maximum Gasteiger partial charge on any atom is 0.490 e.